The maximum atomic E-state index is 5.21. The normalized spacial score (nSPS) is 43.3. The molecule has 11 aliphatic rings. The number of piperidine rings is 2. The fourth-order valence-electron chi connectivity index (χ4n) is 17.3. The van der Waals surface area contributed by atoms with Crippen LogP contribution in [0.2, 0.25) is 17.5 Å². The SMILES string of the molecule is c1ccc(C2C3=C(C4CCCCC42)C2NCCC4B5C6CCCC7C8=C(N(c9ccccc9)C9CCCNC89)N(C8CC(c9ccccn9)CC(C58)N3C42)C67)cc1. The molecule has 8 heterocycles. The molecule has 7 aliphatic heterocycles. The molecular formula is C50H59BN6. The van der Waals surface area contributed by atoms with E-state index in [-0.39, 0.29) is 0 Å². The fraction of sp³-hybridized carbons (Fsp3) is 0.580. The van der Waals surface area contributed by atoms with Gasteiger partial charge < -0.3 is 25.3 Å². The third kappa shape index (κ3) is 4.39. The van der Waals surface area contributed by atoms with Gasteiger partial charge in [0.25, 0.3) is 0 Å². The predicted octanol–water partition coefficient (Wildman–Crippen LogP) is 8.57. The molecule has 7 heteroatoms. The third-order valence-electron chi connectivity index (χ3n) is 18.6. The lowest BCUT2D eigenvalue weighted by Crippen LogP contribution is -2.74. The van der Waals surface area contributed by atoms with Crippen LogP contribution >= 0.6 is 0 Å². The van der Waals surface area contributed by atoms with Gasteiger partial charge in [0.1, 0.15) is 5.82 Å². The smallest absolute Gasteiger partial charge is 0.159 e. The minimum Gasteiger partial charge on any atom is -0.367 e. The summed E-state index contributed by atoms with van der Waals surface area (Å²) < 4.78 is 0. The lowest BCUT2D eigenvalue weighted by molar-refractivity contribution is 0.0105. The maximum absolute atomic E-state index is 5.21. The first-order valence-corrected chi connectivity index (χ1v) is 23.7. The van der Waals surface area contributed by atoms with Gasteiger partial charge in [0.05, 0.1) is 18.1 Å². The van der Waals surface area contributed by atoms with Crippen LogP contribution in [0.3, 0.4) is 0 Å². The van der Waals surface area contributed by atoms with Crippen LogP contribution in [0.15, 0.2) is 108 Å². The van der Waals surface area contributed by atoms with Crippen LogP contribution in [0.4, 0.5) is 5.69 Å². The van der Waals surface area contributed by atoms with Crippen LogP contribution in [0, 0.1) is 17.8 Å². The standard InChI is InChI=1S/C50H59BN6/c1-3-13-29(14-4-1)41-32-17-7-8-18-33(32)42-46-48-36(23-26-54-46)51-35-20-11-19-34-43-45-38(22-12-25-53-45)55(31-15-5-2-6-16-31)50(43)57(47(34)35)40-28-30(37-21-9-10-24-52-37)27-39(44(40)51)56(48)49(41)42/h1-6,9-10,13-16,21,24,30,32-36,38-41,44-48,53-54H,7-8,11-12,17-20,22-23,25-28H2. The average Bonchev–Trinajstić information content (AvgIpc) is 4.00. The number of para-hydroxylation sites is 1. The Balaban J connectivity index is 0.975. The average molecular weight is 755 g/mol. The molecule has 1 aromatic heterocycles. The molecular weight excluding hydrogens is 695 g/mol. The first kappa shape index (κ1) is 33.3. The molecule has 0 amide bonds. The summed E-state index contributed by atoms with van der Waals surface area (Å²) in [6, 6.07) is 34.3. The van der Waals surface area contributed by atoms with Crippen molar-refractivity contribution in [3.8, 4) is 0 Å². The van der Waals surface area contributed by atoms with Crippen molar-refractivity contribution < 1.29 is 0 Å². The van der Waals surface area contributed by atoms with Gasteiger partial charge in [0.15, 0.2) is 6.71 Å². The Kier molecular flexibility index (Phi) is 7.30. The molecule has 15 atom stereocenters. The maximum Gasteiger partial charge on any atom is 0.159 e. The summed E-state index contributed by atoms with van der Waals surface area (Å²) in [6.45, 7) is 3.18. The van der Waals surface area contributed by atoms with Gasteiger partial charge >= 0.3 is 0 Å². The molecule has 0 radical (unpaired) electrons. The lowest BCUT2D eigenvalue weighted by atomic mass is 9.18. The van der Waals surface area contributed by atoms with Gasteiger partial charge in [0.2, 0.25) is 0 Å². The Labute approximate surface area is 340 Å². The van der Waals surface area contributed by atoms with Gasteiger partial charge in [-0.05, 0) is 135 Å². The van der Waals surface area contributed by atoms with E-state index in [1.807, 2.05) is 16.8 Å². The molecule has 4 aliphatic carbocycles. The van der Waals surface area contributed by atoms with Crippen molar-refractivity contribution in [3.63, 3.8) is 0 Å². The second-order valence-electron chi connectivity index (χ2n) is 20.5. The number of benzene rings is 2. The topological polar surface area (TPSA) is 46.7 Å². The van der Waals surface area contributed by atoms with Crippen LogP contribution in [0.5, 0.6) is 0 Å². The van der Waals surface area contributed by atoms with Crippen LogP contribution in [0.1, 0.15) is 100 Å². The second-order valence-corrected chi connectivity index (χ2v) is 20.5. The summed E-state index contributed by atoms with van der Waals surface area (Å²) in [7, 11) is 0. The molecule has 7 fully saturated rings. The zero-order valence-corrected chi connectivity index (χ0v) is 33.5. The number of nitrogens with zero attached hydrogens (tertiary/aromatic N) is 4. The molecule has 292 valence electrons. The van der Waals surface area contributed by atoms with Gasteiger partial charge in [-0.2, -0.15) is 0 Å². The van der Waals surface area contributed by atoms with Crippen molar-refractivity contribution in [2.24, 2.45) is 17.8 Å². The summed E-state index contributed by atoms with van der Waals surface area (Å²) in [5, 5.41) is 8.54. The molecule has 14 rings (SSSR count). The molecule has 2 aromatic carbocycles. The van der Waals surface area contributed by atoms with E-state index in [1.54, 1.807) is 11.4 Å². The molecule has 2 N–H and O–H groups in total. The third-order valence-corrected chi connectivity index (χ3v) is 18.6. The van der Waals surface area contributed by atoms with Crippen LogP contribution in [-0.2, 0) is 0 Å². The monoisotopic (exact) mass is 754 g/mol. The number of hydrogen-bond donors (Lipinski definition) is 2. The highest BCUT2D eigenvalue weighted by atomic mass is 15.4. The van der Waals surface area contributed by atoms with E-state index in [4.69, 9.17) is 4.98 Å². The highest BCUT2D eigenvalue weighted by Crippen LogP contribution is 2.71. The summed E-state index contributed by atoms with van der Waals surface area (Å²) in [5.41, 5.74) is 9.91. The molecule has 3 saturated carbocycles. The van der Waals surface area contributed by atoms with E-state index in [2.05, 4.69) is 110 Å². The zero-order valence-electron chi connectivity index (χ0n) is 33.5. The molecule has 6 nitrogen and oxygen atoms in total. The van der Waals surface area contributed by atoms with Crippen molar-refractivity contribution in [2.45, 2.75) is 149 Å². The van der Waals surface area contributed by atoms with Gasteiger partial charge in [-0.3, -0.25) is 4.98 Å². The predicted molar refractivity (Wildman–Crippen MR) is 228 cm³/mol. The van der Waals surface area contributed by atoms with Crippen molar-refractivity contribution in [3.05, 3.63) is 119 Å². The Hall–Kier alpha value is -3.55. The van der Waals surface area contributed by atoms with E-state index >= 15 is 0 Å². The van der Waals surface area contributed by atoms with Gasteiger partial charge in [0, 0.05) is 65.2 Å². The quantitative estimate of drug-likeness (QED) is 0.262. The van der Waals surface area contributed by atoms with Crippen molar-refractivity contribution in [1.29, 1.82) is 0 Å². The second kappa shape index (κ2) is 12.5. The van der Waals surface area contributed by atoms with Gasteiger partial charge in [-0.15, -0.1) is 0 Å². The van der Waals surface area contributed by atoms with E-state index in [9.17, 15) is 0 Å². The highest BCUT2D eigenvalue weighted by molar-refractivity contribution is 6.65. The Morgan fingerprint density at radius 2 is 1.39 bits per heavy atom. The summed E-state index contributed by atoms with van der Waals surface area (Å²) in [4.78, 5) is 14.6. The summed E-state index contributed by atoms with van der Waals surface area (Å²) in [5.74, 6) is 7.13. The van der Waals surface area contributed by atoms with E-state index in [1.165, 1.54) is 95.0 Å². The van der Waals surface area contributed by atoms with Crippen LogP contribution < -0.4 is 15.5 Å². The number of anilines is 1. The highest BCUT2D eigenvalue weighted by Gasteiger charge is 2.72. The Bertz CT molecular complexity index is 1990. The lowest BCUT2D eigenvalue weighted by Gasteiger charge is -2.68. The Morgan fingerprint density at radius 1 is 0.614 bits per heavy atom. The molecule has 0 bridgehead atoms. The van der Waals surface area contributed by atoms with Crippen LogP contribution in [-0.4, -0.2) is 76.9 Å². The molecule has 3 aromatic rings. The number of allylic oxidation sites excluding steroid dienone is 1. The fourth-order valence-corrected chi connectivity index (χ4v) is 17.3. The van der Waals surface area contributed by atoms with Crippen LogP contribution in [0.25, 0.3) is 0 Å². The number of aromatic nitrogens is 1. The number of rotatable bonds is 3. The minimum atomic E-state index is 0.475. The molecule has 15 unspecified atom stereocenters. The van der Waals surface area contributed by atoms with Gasteiger partial charge in [-0.25, -0.2) is 0 Å². The first-order chi connectivity index (χ1) is 28.3. The number of hydrogen-bond acceptors (Lipinski definition) is 6. The first-order valence-electron chi connectivity index (χ1n) is 23.7. The molecule has 4 saturated heterocycles. The minimum absolute atomic E-state index is 0.475. The number of fused-ring (bicyclic) bond motifs is 12. The summed E-state index contributed by atoms with van der Waals surface area (Å²) in [6.07, 6.45) is 18.3. The Morgan fingerprint density at radius 3 is 2.25 bits per heavy atom. The molecule has 0 spiro atoms. The van der Waals surface area contributed by atoms with Crippen molar-refractivity contribution >= 4 is 12.4 Å². The van der Waals surface area contributed by atoms with E-state index in [0.29, 0.717) is 65.9 Å². The zero-order chi connectivity index (χ0) is 36.9. The largest absolute Gasteiger partial charge is 0.367 e. The van der Waals surface area contributed by atoms with Crippen molar-refractivity contribution in [1.82, 2.24) is 25.4 Å². The molecule has 57 heavy (non-hydrogen) atoms. The van der Waals surface area contributed by atoms with E-state index < -0.39 is 0 Å². The number of pyridine rings is 1. The number of nitrogens with one attached hydrogen (secondary N) is 2. The van der Waals surface area contributed by atoms with Gasteiger partial charge in [-0.1, -0.05) is 80.3 Å². The van der Waals surface area contributed by atoms with Crippen molar-refractivity contribution in [2.75, 3.05) is 18.0 Å². The van der Waals surface area contributed by atoms with E-state index in [0.717, 1.165) is 36.7 Å². The summed E-state index contributed by atoms with van der Waals surface area (Å²) >= 11 is 0.